The van der Waals surface area contributed by atoms with E-state index in [0.29, 0.717) is 22.5 Å². The molecular formula is C19H21N5O3. The van der Waals surface area contributed by atoms with Crippen LogP contribution in [-0.4, -0.2) is 29.9 Å². The summed E-state index contributed by atoms with van der Waals surface area (Å²) in [7, 11) is 1.58. The van der Waals surface area contributed by atoms with Gasteiger partial charge in [-0.2, -0.15) is 0 Å². The maximum absolute atomic E-state index is 12.4. The molecule has 0 saturated heterocycles. The van der Waals surface area contributed by atoms with Gasteiger partial charge in [-0.15, -0.1) is 0 Å². The molecule has 8 nitrogen and oxygen atoms in total. The smallest absolute Gasteiger partial charge is 0.312 e. The molecule has 2 heterocycles. The Balaban J connectivity index is 2.02. The van der Waals surface area contributed by atoms with Gasteiger partial charge < -0.3 is 26.7 Å². The molecule has 1 aliphatic rings. The summed E-state index contributed by atoms with van der Waals surface area (Å²) in [5, 5.41) is 7.97. The van der Waals surface area contributed by atoms with E-state index in [-0.39, 0.29) is 18.4 Å². The highest BCUT2D eigenvalue weighted by molar-refractivity contribution is 6.35. The van der Waals surface area contributed by atoms with Crippen LogP contribution in [-0.2, 0) is 11.3 Å². The van der Waals surface area contributed by atoms with Gasteiger partial charge in [0.25, 0.3) is 11.8 Å². The number of H-pyrrole nitrogens is 1. The molecule has 0 unspecified atom stereocenters. The van der Waals surface area contributed by atoms with E-state index in [1.165, 1.54) is 0 Å². The molecule has 2 aromatic rings. The number of hydrogen-bond donors (Lipinski definition) is 5. The van der Waals surface area contributed by atoms with E-state index < -0.39 is 6.03 Å². The molecule has 0 aliphatic carbocycles. The number of fused-ring (bicyclic) bond motifs is 1. The van der Waals surface area contributed by atoms with E-state index >= 15 is 0 Å². The van der Waals surface area contributed by atoms with E-state index in [9.17, 15) is 14.4 Å². The van der Waals surface area contributed by atoms with Gasteiger partial charge in [-0.1, -0.05) is 6.07 Å². The molecule has 0 radical (unpaired) electrons. The van der Waals surface area contributed by atoms with Crippen LogP contribution < -0.4 is 21.7 Å². The summed E-state index contributed by atoms with van der Waals surface area (Å²) in [4.78, 5) is 38.6. The molecule has 1 aromatic carbocycles. The standard InChI is InChI=1S/C19H21N5O3/c1-9-15(23-10(2)16(9)18(26)21-3)7-13-12-6-11(8-22-19(20)27)4-5-14(12)24-17(13)25/h4-7,23H,8H2,1-3H3,(H,21,26)(H,24,25)(H3,20,22,27)/b13-7-. The molecule has 0 fully saturated rings. The molecule has 1 aliphatic heterocycles. The van der Waals surface area contributed by atoms with Crippen molar-refractivity contribution in [1.29, 1.82) is 0 Å². The maximum atomic E-state index is 12.4. The number of hydrogen-bond acceptors (Lipinski definition) is 3. The lowest BCUT2D eigenvalue weighted by atomic mass is 10.0. The average molecular weight is 367 g/mol. The number of carbonyl (C=O) groups excluding carboxylic acids is 3. The zero-order valence-electron chi connectivity index (χ0n) is 15.3. The molecule has 0 bridgehead atoms. The average Bonchev–Trinajstić information content (AvgIpc) is 3.08. The van der Waals surface area contributed by atoms with Gasteiger partial charge in [-0.05, 0) is 43.2 Å². The molecule has 8 heteroatoms. The van der Waals surface area contributed by atoms with E-state index in [1.54, 1.807) is 19.2 Å². The molecule has 0 saturated carbocycles. The van der Waals surface area contributed by atoms with Crippen LogP contribution in [0.4, 0.5) is 10.5 Å². The van der Waals surface area contributed by atoms with Crippen LogP contribution >= 0.6 is 0 Å². The largest absolute Gasteiger partial charge is 0.358 e. The van der Waals surface area contributed by atoms with Crippen molar-refractivity contribution < 1.29 is 14.4 Å². The first-order chi connectivity index (χ1) is 12.8. The summed E-state index contributed by atoms with van der Waals surface area (Å²) in [6.45, 7) is 3.92. The van der Waals surface area contributed by atoms with Crippen molar-refractivity contribution in [2.45, 2.75) is 20.4 Å². The summed E-state index contributed by atoms with van der Waals surface area (Å²) in [5.74, 6) is -0.403. The molecule has 4 amide bonds. The quantitative estimate of drug-likeness (QED) is 0.527. The highest BCUT2D eigenvalue weighted by atomic mass is 16.2. The topological polar surface area (TPSA) is 129 Å². The van der Waals surface area contributed by atoms with Crippen LogP contribution in [0.1, 0.15) is 38.4 Å². The number of benzene rings is 1. The summed E-state index contributed by atoms with van der Waals surface area (Å²) in [6.07, 6.45) is 1.74. The van der Waals surface area contributed by atoms with Crippen molar-refractivity contribution in [3.8, 4) is 0 Å². The van der Waals surface area contributed by atoms with E-state index in [1.807, 2.05) is 26.0 Å². The number of aryl methyl sites for hydroxylation is 1. The predicted molar refractivity (Wildman–Crippen MR) is 103 cm³/mol. The second-order valence-corrected chi connectivity index (χ2v) is 6.35. The molecule has 27 heavy (non-hydrogen) atoms. The van der Waals surface area contributed by atoms with Crippen molar-refractivity contribution in [3.05, 3.63) is 51.8 Å². The summed E-state index contributed by atoms with van der Waals surface area (Å²) in [5.41, 5.74) is 10.6. The monoisotopic (exact) mass is 367 g/mol. The van der Waals surface area contributed by atoms with Gasteiger partial charge in [-0.3, -0.25) is 9.59 Å². The zero-order valence-corrected chi connectivity index (χ0v) is 15.3. The van der Waals surface area contributed by atoms with Crippen molar-refractivity contribution in [2.75, 3.05) is 12.4 Å². The van der Waals surface area contributed by atoms with Crippen LogP contribution in [0.3, 0.4) is 0 Å². The van der Waals surface area contributed by atoms with Crippen LogP contribution in [0.25, 0.3) is 11.6 Å². The normalized spacial score (nSPS) is 14.0. The van der Waals surface area contributed by atoms with Gasteiger partial charge in [0.2, 0.25) is 0 Å². The lowest BCUT2D eigenvalue weighted by molar-refractivity contribution is -0.110. The number of aromatic amines is 1. The second-order valence-electron chi connectivity index (χ2n) is 6.35. The Kier molecular flexibility index (Phi) is 4.72. The first-order valence-corrected chi connectivity index (χ1v) is 8.42. The third kappa shape index (κ3) is 3.41. The molecule has 1 aromatic heterocycles. The fraction of sp³-hybridized carbons (Fsp3) is 0.211. The van der Waals surface area contributed by atoms with Crippen molar-refractivity contribution >= 4 is 35.2 Å². The minimum absolute atomic E-state index is 0.179. The van der Waals surface area contributed by atoms with Crippen molar-refractivity contribution in [1.82, 2.24) is 15.6 Å². The predicted octanol–water partition coefficient (Wildman–Crippen LogP) is 1.65. The number of carbonyl (C=O) groups is 3. The number of primary amides is 1. The Hall–Kier alpha value is -3.55. The lowest BCUT2D eigenvalue weighted by Gasteiger charge is -2.05. The van der Waals surface area contributed by atoms with Crippen LogP contribution in [0.15, 0.2) is 18.2 Å². The molecule has 0 atom stereocenters. The third-order valence-corrected chi connectivity index (χ3v) is 4.55. The highest BCUT2D eigenvalue weighted by Gasteiger charge is 2.25. The first kappa shape index (κ1) is 18.2. The lowest BCUT2D eigenvalue weighted by Crippen LogP contribution is -2.28. The fourth-order valence-corrected chi connectivity index (χ4v) is 3.21. The minimum Gasteiger partial charge on any atom is -0.358 e. The third-order valence-electron chi connectivity index (χ3n) is 4.55. The number of anilines is 1. The summed E-state index contributed by atoms with van der Waals surface area (Å²) >= 11 is 0. The maximum Gasteiger partial charge on any atom is 0.312 e. The summed E-state index contributed by atoms with van der Waals surface area (Å²) in [6, 6.07) is 4.82. The molecule has 3 rings (SSSR count). The Morgan fingerprint density at radius 3 is 2.67 bits per heavy atom. The molecule has 0 spiro atoms. The van der Waals surface area contributed by atoms with Crippen molar-refractivity contribution in [3.63, 3.8) is 0 Å². The van der Waals surface area contributed by atoms with Crippen LogP contribution in [0.2, 0.25) is 0 Å². The van der Waals surface area contributed by atoms with E-state index in [0.717, 1.165) is 22.4 Å². The molecular weight excluding hydrogens is 346 g/mol. The van der Waals surface area contributed by atoms with E-state index in [4.69, 9.17) is 5.73 Å². The minimum atomic E-state index is -0.611. The van der Waals surface area contributed by atoms with Gasteiger partial charge in [0.15, 0.2) is 0 Å². The molecule has 6 N–H and O–H groups in total. The SMILES string of the molecule is CNC(=O)c1c(C)[nH]c(/C=C2\C(=O)Nc3ccc(CNC(N)=O)cc32)c1C. The van der Waals surface area contributed by atoms with Crippen LogP contribution in [0.5, 0.6) is 0 Å². The second kappa shape index (κ2) is 6.99. The van der Waals surface area contributed by atoms with E-state index in [2.05, 4.69) is 20.9 Å². The Morgan fingerprint density at radius 1 is 1.26 bits per heavy atom. The van der Waals surface area contributed by atoms with Gasteiger partial charge in [0.1, 0.15) is 0 Å². The number of nitrogens with one attached hydrogen (secondary N) is 4. The Bertz CT molecular complexity index is 987. The molecule has 140 valence electrons. The number of aromatic nitrogens is 1. The number of rotatable bonds is 4. The van der Waals surface area contributed by atoms with Crippen molar-refractivity contribution in [2.24, 2.45) is 5.73 Å². The van der Waals surface area contributed by atoms with Gasteiger partial charge in [-0.25, -0.2) is 4.79 Å². The summed E-state index contributed by atoms with van der Waals surface area (Å²) < 4.78 is 0. The Morgan fingerprint density at radius 2 is 2.00 bits per heavy atom. The first-order valence-electron chi connectivity index (χ1n) is 8.42. The Labute approximate surface area is 156 Å². The van der Waals surface area contributed by atoms with Gasteiger partial charge in [0.05, 0.1) is 11.1 Å². The van der Waals surface area contributed by atoms with Gasteiger partial charge in [0, 0.05) is 36.2 Å². The van der Waals surface area contributed by atoms with Gasteiger partial charge >= 0.3 is 6.03 Å². The number of amides is 4. The number of nitrogens with two attached hydrogens (primary N) is 1. The highest BCUT2D eigenvalue weighted by Crippen LogP contribution is 2.34. The fourth-order valence-electron chi connectivity index (χ4n) is 3.21. The number of urea groups is 1. The zero-order chi connectivity index (χ0) is 19.7. The van der Waals surface area contributed by atoms with Crippen LogP contribution in [0, 0.1) is 13.8 Å².